The Morgan fingerprint density at radius 2 is 1.63 bits per heavy atom. The SMILES string of the molecule is Cc1cccc(NC(=O)CN2c3ccccc3-c3ccccc3S2(=O)=O)c1. The second kappa shape index (κ2) is 6.55. The number of amides is 1. The van der Waals surface area contributed by atoms with Crippen LogP contribution in [0.5, 0.6) is 0 Å². The molecule has 0 radical (unpaired) electrons. The number of benzene rings is 3. The number of anilines is 2. The van der Waals surface area contributed by atoms with Gasteiger partial charge in [-0.05, 0) is 36.8 Å². The highest BCUT2D eigenvalue weighted by molar-refractivity contribution is 7.93. The summed E-state index contributed by atoms with van der Waals surface area (Å²) < 4.78 is 27.5. The van der Waals surface area contributed by atoms with Gasteiger partial charge in [-0.3, -0.25) is 9.10 Å². The molecule has 1 N–H and O–H groups in total. The van der Waals surface area contributed by atoms with Crippen LogP contribution in [-0.4, -0.2) is 20.9 Å². The predicted molar refractivity (Wildman–Crippen MR) is 106 cm³/mol. The van der Waals surface area contributed by atoms with Gasteiger partial charge >= 0.3 is 0 Å². The molecule has 0 bridgehead atoms. The van der Waals surface area contributed by atoms with Gasteiger partial charge in [0.25, 0.3) is 10.0 Å². The highest BCUT2D eigenvalue weighted by Gasteiger charge is 2.35. The molecular formula is C21H18N2O3S. The van der Waals surface area contributed by atoms with Crippen molar-refractivity contribution in [2.75, 3.05) is 16.2 Å². The molecule has 136 valence electrons. The molecule has 0 aliphatic carbocycles. The largest absolute Gasteiger partial charge is 0.325 e. The van der Waals surface area contributed by atoms with E-state index in [1.807, 2.05) is 43.3 Å². The van der Waals surface area contributed by atoms with E-state index in [0.29, 0.717) is 16.9 Å². The molecule has 1 aliphatic heterocycles. The summed E-state index contributed by atoms with van der Waals surface area (Å²) >= 11 is 0. The predicted octanol–water partition coefficient (Wildman–Crippen LogP) is 3.81. The molecule has 0 fully saturated rings. The first kappa shape index (κ1) is 17.3. The molecule has 3 aromatic rings. The number of carbonyl (C=O) groups is 1. The molecule has 0 saturated heterocycles. The third kappa shape index (κ3) is 3.08. The summed E-state index contributed by atoms with van der Waals surface area (Å²) in [5.74, 6) is -0.390. The van der Waals surface area contributed by atoms with E-state index in [4.69, 9.17) is 0 Å². The van der Waals surface area contributed by atoms with Gasteiger partial charge in [-0.15, -0.1) is 0 Å². The molecule has 5 nitrogen and oxygen atoms in total. The van der Waals surface area contributed by atoms with Crippen molar-refractivity contribution < 1.29 is 13.2 Å². The average molecular weight is 378 g/mol. The van der Waals surface area contributed by atoms with Crippen molar-refractivity contribution >= 4 is 27.3 Å². The van der Waals surface area contributed by atoms with Crippen LogP contribution in [0.15, 0.2) is 77.7 Å². The Bertz CT molecular complexity index is 1140. The number of fused-ring (bicyclic) bond motifs is 3. The van der Waals surface area contributed by atoms with E-state index in [9.17, 15) is 13.2 Å². The average Bonchev–Trinajstić information content (AvgIpc) is 2.65. The summed E-state index contributed by atoms with van der Waals surface area (Å²) in [5.41, 5.74) is 3.62. The lowest BCUT2D eigenvalue weighted by Gasteiger charge is -2.31. The van der Waals surface area contributed by atoms with Crippen LogP contribution in [0.3, 0.4) is 0 Å². The maximum absolute atomic E-state index is 13.2. The van der Waals surface area contributed by atoms with E-state index in [-0.39, 0.29) is 11.4 Å². The number of sulfonamides is 1. The Labute approximate surface area is 158 Å². The number of nitrogens with one attached hydrogen (secondary N) is 1. The molecule has 0 spiro atoms. The van der Waals surface area contributed by atoms with Crippen molar-refractivity contribution in [3.63, 3.8) is 0 Å². The molecule has 1 heterocycles. The molecule has 1 aliphatic rings. The monoisotopic (exact) mass is 378 g/mol. The first-order chi connectivity index (χ1) is 13.0. The topological polar surface area (TPSA) is 66.5 Å². The number of carbonyl (C=O) groups excluding carboxylic acids is 1. The normalized spacial score (nSPS) is 14.2. The van der Waals surface area contributed by atoms with Crippen LogP contribution in [0.2, 0.25) is 0 Å². The minimum absolute atomic E-state index is 0.215. The Morgan fingerprint density at radius 1 is 0.926 bits per heavy atom. The molecule has 4 rings (SSSR count). The van der Waals surface area contributed by atoms with Crippen molar-refractivity contribution in [3.05, 3.63) is 78.4 Å². The zero-order valence-corrected chi connectivity index (χ0v) is 15.5. The van der Waals surface area contributed by atoms with Gasteiger partial charge in [-0.25, -0.2) is 8.42 Å². The van der Waals surface area contributed by atoms with E-state index in [2.05, 4.69) is 5.32 Å². The summed E-state index contributed by atoms with van der Waals surface area (Å²) in [6, 6.07) is 21.5. The van der Waals surface area contributed by atoms with Crippen LogP contribution in [0.4, 0.5) is 11.4 Å². The fourth-order valence-corrected chi connectivity index (χ4v) is 4.95. The fraction of sp³-hybridized carbons (Fsp3) is 0.0952. The Kier molecular flexibility index (Phi) is 4.20. The molecule has 27 heavy (non-hydrogen) atoms. The van der Waals surface area contributed by atoms with Gasteiger partial charge in [0.15, 0.2) is 0 Å². The van der Waals surface area contributed by atoms with Gasteiger partial charge in [0.2, 0.25) is 5.91 Å². The molecular weight excluding hydrogens is 360 g/mol. The quantitative estimate of drug-likeness (QED) is 0.754. The van der Waals surface area contributed by atoms with E-state index in [1.165, 1.54) is 4.31 Å². The number of rotatable bonds is 3. The van der Waals surface area contributed by atoms with Crippen LogP contribution in [0, 0.1) is 6.92 Å². The molecule has 0 aromatic heterocycles. The zero-order chi connectivity index (χ0) is 19.0. The van der Waals surface area contributed by atoms with Gasteiger partial charge in [0.05, 0.1) is 10.6 Å². The van der Waals surface area contributed by atoms with Gasteiger partial charge in [0, 0.05) is 16.8 Å². The molecule has 3 aromatic carbocycles. The van der Waals surface area contributed by atoms with Crippen LogP contribution < -0.4 is 9.62 Å². The number of aryl methyl sites for hydroxylation is 1. The second-order valence-corrected chi connectivity index (χ2v) is 8.27. The van der Waals surface area contributed by atoms with E-state index >= 15 is 0 Å². The molecule has 0 unspecified atom stereocenters. The first-order valence-electron chi connectivity index (χ1n) is 8.54. The van der Waals surface area contributed by atoms with Crippen LogP contribution in [-0.2, 0) is 14.8 Å². The Balaban J connectivity index is 1.71. The smallest absolute Gasteiger partial charge is 0.265 e. The van der Waals surface area contributed by atoms with Crippen LogP contribution in [0.1, 0.15) is 5.56 Å². The molecule has 0 saturated carbocycles. The highest BCUT2D eigenvalue weighted by atomic mass is 32.2. The van der Waals surface area contributed by atoms with Gasteiger partial charge in [0.1, 0.15) is 6.54 Å². The number of para-hydroxylation sites is 1. The van der Waals surface area contributed by atoms with Crippen LogP contribution in [0.25, 0.3) is 11.1 Å². The van der Waals surface area contributed by atoms with Gasteiger partial charge in [-0.1, -0.05) is 48.5 Å². The van der Waals surface area contributed by atoms with Crippen molar-refractivity contribution in [1.82, 2.24) is 0 Å². The van der Waals surface area contributed by atoms with Crippen molar-refractivity contribution in [2.45, 2.75) is 11.8 Å². The minimum atomic E-state index is -3.82. The third-order valence-corrected chi connectivity index (χ3v) is 6.32. The van der Waals surface area contributed by atoms with E-state index < -0.39 is 15.9 Å². The Morgan fingerprint density at radius 3 is 2.41 bits per heavy atom. The van der Waals surface area contributed by atoms with Crippen molar-refractivity contribution in [1.29, 1.82) is 0 Å². The summed E-state index contributed by atoms with van der Waals surface area (Å²) in [6.07, 6.45) is 0. The van der Waals surface area contributed by atoms with Crippen LogP contribution >= 0.6 is 0 Å². The maximum Gasteiger partial charge on any atom is 0.265 e. The standard InChI is InChI=1S/C21H18N2O3S/c1-15-7-6-8-16(13-15)22-21(24)14-23-19-11-4-2-9-17(19)18-10-3-5-12-20(18)27(23,25)26/h2-13H,14H2,1H3,(H,22,24). The molecule has 6 heteroatoms. The van der Waals surface area contributed by atoms with Crippen molar-refractivity contribution in [3.8, 4) is 11.1 Å². The van der Waals surface area contributed by atoms with Gasteiger partial charge < -0.3 is 5.32 Å². The highest BCUT2D eigenvalue weighted by Crippen LogP contribution is 2.42. The summed E-state index contributed by atoms with van der Waals surface area (Å²) in [6.45, 7) is 1.64. The molecule has 1 amide bonds. The number of hydrogen-bond donors (Lipinski definition) is 1. The molecule has 0 atom stereocenters. The van der Waals surface area contributed by atoms with Crippen molar-refractivity contribution in [2.24, 2.45) is 0 Å². The lowest BCUT2D eigenvalue weighted by atomic mass is 10.0. The lowest BCUT2D eigenvalue weighted by molar-refractivity contribution is -0.114. The third-order valence-electron chi connectivity index (χ3n) is 4.51. The van der Waals surface area contributed by atoms with Gasteiger partial charge in [-0.2, -0.15) is 0 Å². The summed E-state index contributed by atoms with van der Waals surface area (Å²) in [4.78, 5) is 12.8. The summed E-state index contributed by atoms with van der Waals surface area (Å²) in [7, 11) is -3.82. The Hall–Kier alpha value is -3.12. The fourth-order valence-electron chi connectivity index (χ4n) is 3.31. The minimum Gasteiger partial charge on any atom is -0.325 e. The summed E-state index contributed by atoms with van der Waals surface area (Å²) in [5, 5.41) is 2.78. The second-order valence-electron chi connectivity index (χ2n) is 6.44. The maximum atomic E-state index is 13.2. The lowest BCUT2D eigenvalue weighted by Crippen LogP contribution is -2.40. The first-order valence-corrected chi connectivity index (χ1v) is 9.98. The van der Waals surface area contributed by atoms with E-state index in [0.717, 1.165) is 11.1 Å². The van der Waals surface area contributed by atoms with E-state index in [1.54, 1.807) is 36.4 Å². The zero-order valence-electron chi connectivity index (χ0n) is 14.7. The number of hydrogen-bond acceptors (Lipinski definition) is 3. The number of nitrogens with zero attached hydrogens (tertiary/aromatic N) is 1.